The number of para-hydroxylation sites is 3. The average Bonchev–Trinajstić information content (AvgIpc) is 3.58. The number of rotatable bonds is 4. The van der Waals surface area contributed by atoms with Crippen LogP contribution in [0.5, 0.6) is 0 Å². The summed E-state index contributed by atoms with van der Waals surface area (Å²) < 4.78 is 5.79. The Morgan fingerprint density at radius 3 is 2.28 bits per heavy atom. The number of carbonyl (C=O) groups excluding carboxylic acids is 2. The summed E-state index contributed by atoms with van der Waals surface area (Å²) in [5, 5.41) is 0. The number of carbonyl (C=O) groups is 2. The van der Waals surface area contributed by atoms with E-state index in [4.69, 9.17) is 14.7 Å². The molecule has 7 heteroatoms. The van der Waals surface area contributed by atoms with Crippen LogP contribution in [-0.2, 0) is 31.8 Å². The van der Waals surface area contributed by atoms with E-state index in [0.717, 1.165) is 39.0 Å². The maximum Gasteiger partial charge on any atom is 0.311 e. The Labute approximate surface area is 249 Å². The number of esters is 1. The molecule has 3 atom stereocenters. The van der Waals surface area contributed by atoms with Crippen LogP contribution >= 0.6 is 0 Å². The minimum absolute atomic E-state index is 0.0792. The molecule has 0 saturated carbocycles. The number of anilines is 1. The van der Waals surface area contributed by atoms with Gasteiger partial charge in [0.1, 0.15) is 5.54 Å². The molecular formula is C36H30N4O3. The van der Waals surface area contributed by atoms with Crippen LogP contribution in [0.2, 0.25) is 0 Å². The van der Waals surface area contributed by atoms with Crippen molar-refractivity contribution in [2.45, 2.75) is 24.4 Å². The first-order valence-electron chi connectivity index (χ1n) is 14.7. The smallest absolute Gasteiger partial charge is 0.311 e. The monoisotopic (exact) mass is 566 g/mol. The van der Waals surface area contributed by atoms with Gasteiger partial charge in [-0.25, -0.2) is 9.97 Å². The molecule has 4 aromatic carbocycles. The summed E-state index contributed by atoms with van der Waals surface area (Å²) >= 11 is 0. The maximum absolute atomic E-state index is 15.5. The zero-order chi connectivity index (χ0) is 29.3. The number of benzene rings is 4. The van der Waals surface area contributed by atoms with E-state index in [1.807, 2.05) is 122 Å². The fourth-order valence-electron chi connectivity index (χ4n) is 8.05. The Bertz CT molecular complexity index is 1940. The van der Waals surface area contributed by atoms with Gasteiger partial charge in [-0.1, -0.05) is 84.9 Å². The van der Waals surface area contributed by atoms with Gasteiger partial charge in [-0.2, -0.15) is 0 Å². The van der Waals surface area contributed by atoms with Gasteiger partial charge in [0.2, 0.25) is 0 Å². The standard InChI is InChI=1S/C36H30N4O3/c1-3-43-33(41)27-22-39(2)36(26-17-9-12-20-30(26)40(34(36)42)21-23-13-5-4-6-14-23)35(27)25-16-8-7-15-24(25)31-32(35)38-29-19-11-10-18-28(29)37-31/h4-20,27H,3,21-22H2,1-2H3/t27-,35+,36+/m0/s1. The molecule has 0 unspecified atom stereocenters. The van der Waals surface area contributed by atoms with Crippen LogP contribution in [0.25, 0.3) is 22.3 Å². The maximum atomic E-state index is 15.5. The average molecular weight is 567 g/mol. The van der Waals surface area contributed by atoms with Gasteiger partial charge < -0.3 is 9.64 Å². The number of hydrogen-bond donors (Lipinski definition) is 0. The summed E-state index contributed by atoms with van der Waals surface area (Å²) in [6.07, 6.45) is 0. The lowest BCUT2D eigenvalue weighted by Gasteiger charge is -2.45. The number of amides is 1. The number of ether oxygens (including phenoxy) is 1. The van der Waals surface area contributed by atoms with E-state index in [0.29, 0.717) is 24.5 Å². The molecule has 3 heterocycles. The Kier molecular flexibility index (Phi) is 5.59. The second-order valence-corrected chi connectivity index (χ2v) is 11.6. The summed E-state index contributed by atoms with van der Waals surface area (Å²) in [7, 11) is 1.96. The third-order valence-corrected chi connectivity index (χ3v) is 9.57. The zero-order valence-electron chi connectivity index (χ0n) is 24.0. The molecule has 1 fully saturated rings. The molecule has 1 saturated heterocycles. The van der Waals surface area contributed by atoms with Crippen molar-refractivity contribution in [1.82, 2.24) is 14.9 Å². The molecule has 0 radical (unpaired) electrons. The van der Waals surface area contributed by atoms with Crippen molar-refractivity contribution in [3.63, 3.8) is 0 Å². The Morgan fingerprint density at radius 2 is 1.51 bits per heavy atom. The van der Waals surface area contributed by atoms with Gasteiger partial charge in [-0.3, -0.25) is 14.5 Å². The summed E-state index contributed by atoms with van der Waals surface area (Å²) in [6.45, 7) is 2.79. The molecule has 1 amide bonds. The molecular weight excluding hydrogens is 536 g/mol. The Hall–Kier alpha value is -4.88. The summed E-state index contributed by atoms with van der Waals surface area (Å²) in [5.41, 5.74) is 4.91. The quantitative estimate of drug-likeness (QED) is 0.269. The normalized spacial score (nSPS) is 23.6. The molecule has 8 rings (SSSR count). The van der Waals surface area contributed by atoms with Crippen LogP contribution in [-0.4, -0.2) is 46.9 Å². The highest BCUT2D eigenvalue weighted by atomic mass is 16.5. The predicted octanol–water partition coefficient (Wildman–Crippen LogP) is 5.46. The van der Waals surface area contributed by atoms with Crippen molar-refractivity contribution in [2.24, 2.45) is 5.92 Å². The Balaban J connectivity index is 1.49. The van der Waals surface area contributed by atoms with E-state index in [1.54, 1.807) is 0 Å². The van der Waals surface area contributed by atoms with Gasteiger partial charge in [-0.15, -0.1) is 0 Å². The number of fused-ring (bicyclic) bond motifs is 9. The van der Waals surface area contributed by atoms with E-state index in [2.05, 4.69) is 4.90 Å². The Morgan fingerprint density at radius 1 is 0.860 bits per heavy atom. The fraction of sp³-hybridized carbons (Fsp3) is 0.222. The molecule has 43 heavy (non-hydrogen) atoms. The number of aromatic nitrogens is 2. The third kappa shape index (κ3) is 3.17. The van der Waals surface area contributed by atoms with E-state index < -0.39 is 16.9 Å². The fourth-order valence-corrected chi connectivity index (χ4v) is 8.05. The van der Waals surface area contributed by atoms with Crippen LogP contribution in [0.4, 0.5) is 5.69 Å². The van der Waals surface area contributed by atoms with Crippen molar-refractivity contribution in [1.29, 1.82) is 0 Å². The van der Waals surface area contributed by atoms with Gasteiger partial charge in [0, 0.05) is 23.4 Å². The van der Waals surface area contributed by atoms with Crippen LogP contribution in [0.15, 0.2) is 103 Å². The van der Waals surface area contributed by atoms with Gasteiger partial charge in [0.05, 0.1) is 46.9 Å². The van der Waals surface area contributed by atoms with Crippen molar-refractivity contribution in [3.8, 4) is 11.3 Å². The zero-order valence-corrected chi connectivity index (χ0v) is 24.0. The van der Waals surface area contributed by atoms with E-state index in [9.17, 15) is 4.79 Å². The second kappa shape index (κ2) is 9.31. The lowest BCUT2D eigenvalue weighted by molar-refractivity contribution is -0.149. The summed E-state index contributed by atoms with van der Waals surface area (Å²) in [4.78, 5) is 44.0. The number of likely N-dealkylation sites (N-methyl/N-ethyl adjacent to an activating group) is 1. The molecule has 1 aromatic heterocycles. The van der Waals surface area contributed by atoms with Gasteiger partial charge in [-0.05, 0) is 43.3 Å². The van der Waals surface area contributed by atoms with Crippen molar-refractivity contribution < 1.29 is 14.3 Å². The molecule has 0 N–H and O–H groups in total. The van der Waals surface area contributed by atoms with Gasteiger partial charge in [0.15, 0.2) is 0 Å². The third-order valence-electron chi connectivity index (χ3n) is 9.57. The molecule has 3 aliphatic rings. The highest BCUT2D eigenvalue weighted by molar-refractivity contribution is 6.12. The SMILES string of the molecule is CCOC(=O)[C@@H]1CN(C)[C@]2(C(=O)N(Cc3ccccc3)c3ccccc32)[C@]12c1ccccc1-c1nc3ccccc3nc12. The molecule has 0 bridgehead atoms. The predicted molar refractivity (Wildman–Crippen MR) is 164 cm³/mol. The molecule has 2 spiro atoms. The second-order valence-electron chi connectivity index (χ2n) is 11.6. The summed E-state index contributed by atoms with van der Waals surface area (Å²) in [5.74, 6) is -1.12. The largest absolute Gasteiger partial charge is 0.466 e. The van der Waals surface area contributed by atoms with E-state index in [1.165, 1.54) is 0 Å². The highest BCUT2D eigenvalue weighted by Crippen LogP contribution is 2.68. The lowest BCUT2D eigenvalue weighted by Crippen LogP contribution is -2.60. The highest BCUT2D eigenvalue weighted by Gasteiger charge is 2.77. The van der Waals surface area contributed by atoms with Crippen LogP contribution in [0.1, 0.15) is 29.3 Å². The minimum atomic E-state index is -1.27. The topological polar surface area (TPSA) is 75.6 Å². The van der Waals surface area contributed by atoms with Crippen molar-refractivity contribution in [2.75, 3.05) is 25.1 Å². The van der Waals surface area contributed by atoms with Crippen LogP contribution in [0, 0.1) is 5.92 Å². The first-order chi connectivity index (χ1) is 21.0. The first kappa shape index (κ1) is 25.8. The summed E-state index contributed by atoms with van der Waals surface area (Å²) in [6, 6.07) is 33.9. The molecule has 5 aromatic rings. The minimum Gasteiger partial charge on any atom is -0.466 e. The van der Waals surface area contributed by atoms with E-state index >= 15 is 4.79 Å². The van der Waals surface area contributed by atoms with Crippen LogP contribution in [0.3, 0.4) is 0 Å². The number of hydrogen-bond acceptors (Lipinski definition) is 6. The van der Waals surface area contributed by atoms with Gasteiger partial charge >= 0.3 is 5.97 Å². The van der Waals surface area contributed by atoms with Crippen LogP contribution < -0.4 is 4.90 Å². The molecule has 1 aliphatic carbocycles. The number of nitrogens with zero attached hydrogens (tertiary/aromatic N) is 4. The van der Waals surface area contributed by atoms with E-state index in [-0.39, 0.29) is 18.5 Å². The molecule has 7 nitrogen and oxygen atoms in total. The molecule has 212 valence electrons. The lowest BCUT2D eigenvalue weighted by atomic mass is 9.58. The van der Waals surface area contributed by atoms with Crippen molar-refractivity contribution >= 4 is 28.6 Å². The van der Waals surface area contributed by atoms with Gasteiger partial charge in [0.25, 0.3) is 5.91 Å². The number of likely N-dealkylation sites (tertiary alicyclic amines) is 1. The first-order valence-corrected chi connectivity index (χ1v) is 14.7. The molecule has 2 aliphatic heterocycles. The van der Waals surface area contributed by atoms with Crippen molar-refractivity contribution in [3.05, 3.63) is 126 Å².